The highest BCUT2D eigenvalue weighted by molar-refractivity contribution is 7.89. The molecule has 2 aliphatic rings. The summed E-state index contributed by atoms with van der Waals surface area (Å²) in [7, 11) is -1.61. The topological polar surface area (TPSA) is 86.8 Å². The van der Waals surface area contributed by atoms with Crippen molar-refractivity contribution in [3.8, 4) is 0 Å². The number of hydrogen-bond donors (Lipinski definition) is 1. The van der Waals surface area contributed by atoms with Gasteiger partial charge in [0.25, 0.3) is 0 Å². The lowest BCUT2D eigenvalue weighted by molar-refractivity contribution is -0.138. The quantitative estimate of drug-likeness (QED) is 0.590. The summed E-state index contributed by atoms with van der Waals surface area (Å²) in [6, 6.07) is 6.57. The van der Waals surface area contributed by atoms with E-state index >= 15 is 0 Å². The fraction of sp³-hybridized carbons (Fsp3) is 0.565. The molecule has 3 rings (SSSR count). The molecule has 8 heteroatoms. The Morgan fingerprint density at radius 1 is 1.13 bits per heavy atom. The minimum absolute atomic E-state index is 0.00590. The van der Waals surface area contributed by atoms with E-state index in [-0.39, 0.29) is 28.7 Å². The first-order chi connectivity index (χ1) is 14.8. The maximum atomic E-state index is 12.5. The average molecular weight is 448 g/mol. The predicted molar refractivity (Wildman–Crippen MR) is 121 cm³/mol. The summed E-state index contributed by atoms with van der Waals surface area (Å²) >= 11 is 0. The van der Waals surface area contributed by atoms with Gasteiger partial charge in [-0.25, -0.2) is 13.1 Å². The van der Waals surface area contributed by atoms with Crippen LogP contribution in [0.4, 0.5) is 0 Å². The maximum absolute atomic E-state index is 12.5. The van der Waals surface area contributed by atoms with Gasteiger partial charge in [0.2, 0.25) is 21.8 Å². The fourth-order valence-corrected chi connectivity index (χ4v) is 4.99. The average Bonchev–Trinajstić information content (AvgIpc) is 3.59. The highest BCUT2D eigenvalue weighted by Gasteiger charge is 2.29. The van der Waals surface area contributed by atoms with Gasteiger partial charge in [0.15, 0.2) is 0 Å². The van der Waals surface area contributed by atoms with E-state index in [1.165, 1.54) is 6.08 Å². The maximum Gasteiger partial charge on any atom is 0.246 e. The van der Waals surface area contributed by atoms with E-state index < -0.39 is 10.0 Å². The highest BCUT2D eigenvalue weighted by Crippen LogP contribution is 2.23. The van der Waals surface area contributed by atoms with Crippen molar-refractivity contribution >= 4 is 27.9 Å². The van der Waals surface area contributed by atoms with Crippen LogP contribution < -0.4 is 4.72 Å². The minimum Gasteiger partial charge on any atom is -0.346 e. The molecule has 0 unspecified atom stereocenters. The second kappa shape index (κ2) is 10.4. The smallest absolute Gasteiger partial charge is 0.246 e. The van der Waals surface area contributed by atoms with Crippen LogP contribution in [0.3, 0.4) is 0 Å². The normalized spacial score (nSPS) is 17.8. The van der Waals surface area contributed by atoms with Crippen LogP contribution in [0, 0.1) is 5.92 Å². The SMILES string of the molecule is CCCCN(C)C(=O)C1CCN(C(=O)/C=C/c2ccc(S(=O)(=O)NC3CC3)cc2)CC1. The first kappa shape index (κ1) is 23.5. The molecule has 1 aliphatic carbocycles. The van der Waals surface area contributed by atoms with Crippen LogP contribution in [0.15, 0.2) is 35.2 Å². The van der Waals surface area contributed by atoms with Gasteiger partial charge in [-0.3, -0.25) is 9.59 Å². The summed E-state index contributed by atoms with van der Waals surface area (Å²) < 4.78 is 27.1. The lowest BCUT2D eigenvalue weighted by Gasteiger charge is -2.32. The molecule has 31 heavy (non-hydrogen) atoms. The van der Waals surface area contributed by atoms with E-state index in [9.17, 15) is 18.0 Å². The molecular formula is C23H33N3O4S. The summed E-state index contributed by atoms with van der Waals surface area (Å²) in [5.41, 5.74) is 0.765. The summed E-state index contributed by atoms with van der Waals surface area (Å²) in [5.74, 6) is 0.0910. The van der Waals surface area contributed by atoms with Gasteiger partial charge in [-0.05, 0) is 55.9 Å². The third-order valence-corrected chi connectivity index (χ3v) is 7.42. The van der Waals surface area contributed by atoms with E-state index in [0.29, 0.717) is 25.9 Å². The number of nitrogens with one attached hydrogen (secondary N) is 1. The molecule has 2 amide bonds. The first-order valence-electron chi connectivity index (χ1n) is 11.1. The molecule has 0 bridgehead atoms. The molecule has 1 aromatic carbocycles. The Labute approximate surface area is 185 Å². The third kappa shape index (κ3) is 6.64. The van der Waals surface area contributed by atoms with Gasteiger partial charge < -0.3 is 9.80 Å². The summed E-state index contributed by atoms with van der Waals surface area (Å²) in [4.78, 5) is 28.8. The van der Waals surface area contributed by atoms with Crippen LogP contribution in [-0.4, -0.2) is 62.8 Å². The predicted octanol–water partition coefficient (Wildman–Crippen LogP) is 2.64. The van der Waals surface area contributed by atoms with Crippen molar-refractivity contribution in [2.45, 2.75) is 56.4 Å². The van der Waals surface area contributed by atoms with Crippen LogP contribution in [0.2, 0.25) is 0 Å². The Balaban J connectivity index is 1.49. The molecular weight excluding hydrogens is 414 g/mol. The lowest BCUT2D eigenvalue weighted by atomic mass is 9.95. The molecule has 0 atom stereocenters. The number of carbonyl (C=O) groups excluding carboxylic acids is 2. The molecule has 1 heterocycles. The number of carbonyl (C=O) groups is 2. The second-order valence-electron chi connectivity index (χ2n) is 8.51. The van der Waals surface area contributed by atoms with Gasteiger partial charge in [0, 0.05) is 44.7 Å². The molecule has 1 aliphatic heterocycles. The van der Waals surface area contributed by atoms with Gasteiger partial charge >= 0.3 is 0 Å². The molecule has 2 fully saturated rings. The Morgan fingerprint density at radius 3 is 2.35 bits per heavy atom. The summed E-state index contributed by atoms with van der Waals surface area (Å²) in [6.07, 6.45) is 8.45. The van der Waals surface area contributed by atoms with Crippen molar-refractivity contribution in [2.24, 2.45) is 5.92 Å². The zero-order valence-electron chi connectivity index (χ0n) is 18.4. The second-order valence-corrected chi connectivity index (χ2v) is 10.2. The van der Waals surface area contributed by atoms with Gasteiger partial charge in [-0.1, -0.05) is 25.5 Å². The van der Waals surface area contributed by atoms with Crippen molar-refractivity contribution in [3.63, 3.8) is 0 Å². The first-order valence-corrected chi connectivity index (χ1v) is 12.6. The van der Waals surface area contributed by atoms with Gasteiger partial charge in [-0.15, -0.1) is 0 Å². The summed E-state index contributed by atoms with van der Waals surface area (Å²) in [6.45, 7) is 4.04. The number of rotatable bonds is 9. The molecule has 170 valence electrons. The van der Waals surface area contributed by atoms with Crippen LogP contribution in [0.25, 0.3) is 6.08 Å². The van der Waals surface area contributed by atoms with Crippen molar-refractivity contribution in [1.29, 1.82) is 0 Å². The number of hydrogen-bond acceptors (Lipinski definition) is 4. The van der Waals surface area contributed by atoms with Gasteiger partial charge in [0.1, 0.15) is 0 Å². The van der Waals surface area contributed by atoms with Crippen LogP contribution in [-0.2, 0) is 19.6 Å². The van der Waals surface area contributed by atoms with Crippen molar-refractivity contribution < 1.29 is 18.0 Å². The van der Waals surface area contributed by atoms with Crippen LogP contribution in [0.5, 0.6) is 0 Å². The zero-order valence-corrected chi connectivity index (χ0v) is 19.2. The Morgan fingerprint density at radius 2 is 1.77 bits per heavy atom. The Kier molecular flexibility index (Phi) is 7.89. The molecule has 1 aromatic rings. The largest absolute Gasteiger partial charge is 0.346 e. The minimum atomic E-state index is -3.47. The molecule has 0 radical (unpaired) electrons. The summed E-state index contributed by atoms with van der Waals surface area (Å²) in [5, 5.41) is 0. The monoisotopic (exact) mass is 447 g/mol. The van der Waals surface area contributed by atoms with E-state index in [0.717, 1.165) is 37.8 Å². The van der Waals surface area contributed by atoms with E-state index in [1.807, 2.05) is 11.9 Å². The number of unbranched alkanes of at least 4 members (excludes halogenated alkanes) is 1. The van der Waals surface area contributed by atoms with E-state index in [2.05, 4.69) is 11.6 Å². The van der Waals surface area contributed by atoms with Crippen molar-refractivity contribution in [2.75, 3.05) is 26.7 Å². The molecule has 0 spiro atoms. The number of piperidine rings is 1. The molecule has 0 aromatic heterocycles. The number of amides is 2. The van der Waals surface area contributed by atoms with Gasteiger partial charge in [-0.2, -0.15) is 0 Å². The Bertz CT molecular complexity index is 899. The zero-order chi connectivity index (χ0) is 22.4. The van der Waals surface area contributed by atoms with Crippen LogP contribution in [0.1, 0.15) is 51.0 Å². The molecule has 1 N–H and O–H groups in total. The number of sulfonamides is 1. The number of nitrogens with zero attached hydrogens (tertiary/aromatic N) is 2. The molecule has 1 saturated heterocycles. The van der Waals surface area contributed by atoms with E-state index in [4.69, 9.17) is 0 Å². The number of benzene rings is 1. The molecule has 7 nitrogen and oxygen atoms in total. The van der Waals surface area contributed by atoms with Gasteiger partial charge in [0.05, 0.1) is 4.90 Å². The standard InChI is InChI=1S/C23H33N3O4S/c1-3-4-15-25(2)23(28)19-13-16-26(17-14-19)22(27)12-7-18-5-10-21(11-6-18)31(29,30)24-20-8-9-20/h5-7,10-12,19-20,24H,3-4,8-9,13-17H2,1-2H3/b12-7+. The van der Waals surface area contributed by atoms with Crippen molar-refractivity contribution in [1.82, 2.24) is 14.5 Å². The fourth-order valence-electron chi connectivity index (χ4n) is 3.68. The van der Waals surface area contributed by atoms with Crippen LogP contribution >= 0.6 is 0 Å². The third-order valence-electron chi connectivity index (χ3n) is 5.89. The van der Waals surface area contributed by atoms with Crippen molar-refractivity contribution in [3.05, 3.63) is 35.9 Å². The Hall–Kier alpha value is -2.19. The highest BCUT2D eigenvalue weighted by atomic mass is 32.2. The van der Waals surface area contributed by atoms with E-state index in [1.54, 1.807) is 35.2 Å². The molecule has 1 saturated carbocycles. The lowest BCUT2D eigenvalue weighted by Crippen LogP contribution is -2.43. The number of likely N-dealkylation sites (tertiary alicyclic amines) is 1.